The van der Waals surface area contributed by atoms with Crippen LogP contribution < -0.4 is 5.32 Å². The summed E-state index contributed by atoms with van der Waals surface area (Å²) >= 11 is 0. The molecular weight excluding hydrogens is 174 g/mol. The Kier molecular flexibility index (Phi) is 4.90. The lowest BCUT2D eigenvalue weighted by Crippen LogP contribution is -2.44. The zero-order valence-electron chi connectivity index (χ0n) is 10.0. The van der Waals surface area contributed by atoms with E-state index >= 15 is 0 Å². The normalized spacial score (nSPS) is 24.9. The third-order valence-corrected chi connectivity index (χ3v) is 3.71. The van der Waals surface area contributed by atoms with E-state index < -0.39 is 0 Å². The van der Waals surface area contributed by atoms with Crippen LogP contribution in [0.2, 0.25) is 0 Å². The molecule has 84 valence electrons. The van der Waals surface area contributed by atoms with Gasteiger partial charge in [-0.2, -0.15) is 0 Å². The van der Waals surface area contributed by atoms with Gasteiger partial charge in [-0.05, 0) is 39.5 Å². The molecule has 2 unspecified atom stereocenters. The lowest BCUT2D eigenvalue weighted by molar-refractivity contribution is 0.0819. The van der Waals surface area contributed by atoms with Crippen molar-refractivity contribution in [2.24, 2.45) is 5.92 Å². The van der Waals surface area contributed by atoms with Crippen molar-refractivity contribution in [3.8, 4) is 0 Å². The molecule has 1 rings (SSSR count). The van der Waals surface area contributed by atoms with Crippen molar-refractivity contribution in [2.45, 2.75) is 64.6 Å². The van der Waals surface area contributed by atoms with Crippen molar-refractivity contribution in [1.29, 1.82) is 0 Å². The molecule has 0 saturated heterocycles. The van der Waals surface area contributed by atoms with Gasteiger partial charge in [-0.1, -0.05) is 12.8 Å². The maximum atomic E-state index is 5.31. The maximum Gasteiger partial charge on any atom is 0.0693 e. The summed E-state index contributed by atoms with van der Waals surface area (Å²) in [5.41, 5.74) is 0. The lowest BCUT2D eigenvalue weighted by atomic mass is 9.98. The fourth-order valence-corrected chi connectivity index (χ4v) is 2.35. The van der Waals surface area contributed by atoms with Gasteiger partial charge in [0.2, 0.25) is 0 Å². The summed E-state index contributed by atoms with van der Waals surface area (Å²) in [4.78, 5) is 0. The van der Waals surface area contributed by atoms with Crippen LogP contribution >= 0.6 is 0 Å². The zero-order chi connectivity index (χ0) is 10.6. The molecule has 0 aromatic carbocycles. The molecule has 0 heterocycles. The second-order valence-electron chi connectivity index (χ2n) is 4.73. The summed E-state index contributed by atoms with van der Waals surface area (Å²) in [6.07, 6.45) is 5.96. The number of ether oxygens (including phenoxy) is 1. The van der Waals surface area contributed by atoms with Gasteiger partial charge in [0.15, 0.2) is 0 Å². The predicted octanol–water partition coefficient (Wildman–Crippen LogP) is 2.58. The van der Waals surface area contributed by atoms with Crippen molar-refractivity contribution in [3.05, 3.63) is 0 Å². The summed E-state index contributed by atoms with van der Waals surface area (Å²) in [5, 5.41) is 3.65. The van der Waals surface area contributed by atoms with Crippen LogP contribution in [0.3, 0.4) is 0 Å². The summed E-state index contributed by atoms with van der Waals surface area (Å²) in [5.74, 6) is 0.890. The predicted molar refractivity (Wildman–Crippen MR) is 60.5 cm³/mol. The van der Waals surface area contributed by atoms with E-state index in [4.69, 9.17) is 4.74 Å². The third kappa shape index (κ3) is 3.25. The van der Waals surface area contributed by atoms with Crippen LogP contribution in [0, 0.1) is 5.92 Å². The van der Waals surface area contributed by atoms with Crippen LogP contribution in [0.1, 0.15) is 46.5 Å². The van der Waals surface area contributed by atoms with Gasteiger partial charge in [0.25, 0.3) is 0 Å². The summed E-state index contributed by atoms with van der Waals surface area (Å²) in [7, 11) is 1.78. The Morgan fingerprint density at radius 1 is 1.14 bits per heavy atom. The summed E-state index contributed by atoms with van der Waals surface area (Å²) in [6, 6.07) is 1.10. The van der Waals surface area contributed by atoms with Crippen LogP contribution in [0.25, 0.3) is 0 Å². The average molecular weight is 199 g/mol. The van der Waals surface area contributed by atoms with Gasteiger partial charge in [0, 0.05) is 19.2 Å². The van der Waals surface area contributed by atoms with Gasteiger partial charge in [0.1, 0.15) is 0 Å². The Balaban J connectivity index is 2.27. The minimum atomic E-state index is 0.304. The molecule has 0 aromatic rings. The van der Waals surface area contributed by atoms with Gasteiger partial charge >= 0.3 is 0 Å². The molecule has 1 saturated carbocycles. The van der Waals surface area contributed by atoms with E-state index in [1.807, 2.05) is 0 Å². The van der Waals surface area contributed by atoms with Gasteiger partial charge in [-0.25, -0.2) is 0 Å². The molecule has 0 aliphatic heterocycles. The van der Waals surface area contributed by atoms with E-state index in [-0.39, 0.29) is 0 Å². The van der Waals surface area contributed by atoms with Crippen LogP contribution in [0.4, 0.5) is 0 Å². The molecule has 1 fully saturated rings. The van der Waals surface area contributed by atoms with Crippen molar-refractivity contribution < 1.29 is 4.74 Å². The zero-order valence-corrected chi connectivity index (χ0v) is 10.0. The number of methoxy groups -OCH3 is 1. The minimum absolute atomic E-state index is 0.304. The molecular formula is C12H25NO. The minimum Gasteiger partial charge on any atom is -0.380 e. The Labute approximate surface area is 88.4 Å². The second kappa shape index (κ2) is 5.72. The molecule has 3 atom stereocenters. The number of rotatable bonds is 5. The summed E-state index contributed by atoms with van der Waals surface area (Å²) in [6.45, 7) is 6.65. The molecule has 1 N–H and O–H groups in total. The monoisotopic (exact) mass is 199 g/mol. The lowest BCUT2D eigenvalue weighted by Gasteiger charge is -2.27. The molecule has 14 heavy (non-hydrogen) atoms. The largest absolute Gasteiger partial charge is 0.380 e. The third-order valence-electron chi connectivity index (χ3n) is 3.71. The fourth-order valence-electron chi connectivity index (χ4n) is 2.35. The van der Waals surface area contributed by atoms with E-state index in [1.165, 1.54) is 25.7 Å². The number of hydrogen-bond acceptors (Lipinski definition) is 2. The van der Waals surface area contributed by atoms with E-state index in [0.29, 0.717) is 18.2 Å². The highest BCUT2D eigenvalue weighted by Gasteiger charge is 2.23. The summed E-state index contributed by atoms with van der Waals surface area (Å²) < 4.78 is 5.31. The molecule has 0 amide bonds. The molecule has 2 nitrogen and oxygen atoms in total. The average Bonchev–Trinajstić information content (AvgIpc) is 2.69. The highest BCUT2D eigenvalue weighted by Crippen LogP contribution is 2.27. The Morgan fingerprint density at radius 2 is 1.71 bits per heavy atom. The Bertz CT molecular complexity index is 154. The van der Waals surface area contributed by atoms with Crippen LogP contribution in [0.15, 0.2) is 0 Å². The molecule has 0 spiro atoms. The SMILES string of the molecule is COC(C)C(C)N[C@H](C)C1CCCC1. The first-order chi connectivity index (χ1) is 6.65. The first-order valence-electron chi connectivity index (χ1n) is 5.94. The molecule has 1 aliphatic carbocycles. The van der Waals surface area contributed by atoms with Gasteiger partial charge in [0.05, 0.1) is 6.10 Å². The first-order valence-corrected chi connectivity index (χ1v) is 5.94. The van der Waals surface area contributed by atoms with Gasteiger partial charge in [-0.15, -0.1) is 0 Å². The number of hydrogen-bond donors (Lipinski definition) is 1. The van der Waals surface area contributed by atoms with E-state index in [9.17, 15) is 0 Å². The standard InChI is InChI=1S/C12H25NO/c1-9(11(3)14-4)13-10(2)12-7-5-6-8-12/h9-13H,5-8H2,1-4H3/t9?,10-,11?/m1/s1. The van der Waals surface area contributed by atoms with Crippen molar-refractivity contribution >= 4 is 0 Å². The van der Waals surface area contributed by atoms with Crippen LogP contribution in [0.5, 0.6) is 0 Å². The molecule has 0 aromatic heterocycles. The van der Waals surface area contributed by atoms with Crippen LogP contribution in [-0.4, -0.2) is 25.3 Å². The Morgan fingerprint density at radius 3 is 2.21 bits per heavy atom. The highest BCUT2D eigenvalue weighted by atomic mass is 16.5. The fraction of sp³-hybridized carbons (Fsp3) is 1.00. The quantitative estimate of drug-likeness (QED) is 0.735. The second-order valence-corrected chi connectivity index (χ2v) is 4.73. The van der Waals surface area contributed by atoms with Crippen molar-refractivity contribution in [2.75, 3.05) is 7.11 Å². The van der Waals surface area contributed by atoms with Gasteiger partial charge in [-0.3, -0.25) is 0 Å². The maximum absolute atomic E-state index is 5.31. The molecule has 2 heteroatoms. The molecule has 0 bridgehead atoms. The van der Waals surface area contributed by atoms with E-state index in [0.717, 1.165) is 5.92 Å². The molecule has 0 radical (unpaired) electrons. The molecule has 1 aliphatic rings. The van der Waals surface area contributed by atoms with Crippen LogP contribution in [-0.2, 0) is 4.74 Å². The van der Waals surface area contributed by atoms with Crippen molar-refractivity contribution in [1.82, 2.24) is 5.32 Å². The Hall–Kier alpha value is -0.0800. The van der Waals surface area contributed by atoms with Gasteiger partial charge < -0.3 is 10.1 Å². The van der Waals surface area contributed by atoms with E-state index in [1.54, 1.807) is 7.11 Å². The van der Waals surface area contributed by atoms with E-state index in [2.05, 4.69) is 26.1 Å². The van der Waals surface area contributed by atoms with Crippen molar-refractivity contribution in [3.63, 3.8) is 0 Å². The highest BCUT2D eigenvalue weighted by molar-refractivity contribution is 4.81. The first kappa shape index (κ1) is 12.0. The number of nitrogens with one attached hydrogen (secondary N) is 1. The topological polar surface area (TPSA) is 21.3 Å². The smallest absolute Gasteiger partial charge is 0.0693 e.